The number of anilines is 2. The van der Waals surface area contributed by atoms with Crippen molar-refractivity contribution in [3.8, 4) is 0 Å². The first-order valence-electron chi connectivity index (χ1n) is 7.15. The molecule has 0 aliphatic heterocycles. The molecule has 0 saturated carbocycles. The van der Waals surface area contributed by atoms with Crippen LogP contribution in [0.5, 0.6) is 0 Å². The van der Waals surface area contributed by atoms with Gasteiger partial charge in [0.05, 0.1) is 6.61 Å². The third kappa shape index (κ3) is 5.87. The lowest BCUT2D eigenvalue weighted by molar-refractivity contribution is 0.141. The number of aromatic nitrogens is 2. The molecule has 19 heavy (non-hydrogen) atoms. The molecule has 0 aliphatic rings. The second-order valence-electron chi connectivity index (χ2n) is 4.54. The molecular formula is C14H26N4O. The van der Waals surface area contributed by atoms with Crippen molar-refractivity contribution >= 4 is 11.6 Å². The Hall–Kier alpha value is -1.36. The van der Waals surface area contributed by atoms with Gasteiger partial charge < -0.3 is 15.4 Å². The van der Waals surface area contributed by atoms with Crippen LogP contribution in [0.3, 0.4) is 0 Å². The van der Waals surface area contributed by atoms with E-state index in [1.54, 1.807) is 0 Å². The molecular weight excluding hydrogens is 240 g/mol. The summed E-state index contributed by atoms with van der Waals surface area (Å²) in [6, 6.07) is 2.18. The second-order valence-corrected chi connectivity index (χ2v) is 4.54. The fraction of sp³-hybridized carbons (Fsp3) is 0.714. The third-order valence-corrected chi connectivity index (χ3v) is 2.57. The Morgan fingerprint density at radius 1 is 1.21 bits per heavy atom. The van der Waals surface area contributed by atoms with Crippen LogP contribution in [0.1, 0.15) is 39.9 Å². The molecule has 0 radical (unpaired) electrons. The van der Waals surface area contributed by atoms with E-state index in [1.807, 2.05) is 13.0 Å². The lowest BCUT2D eigenvalue weighted by atomic mass is 10.3. The van der Waals surface area contributed by atoms with Crippen LogP contribution in [-0.4, -0.2) is 35.8 Å². The van der Waals surface area contributed by atoms with Crippen molar-refractivity contribution in [2.24, 2.45) is 0 Å². The number of hydrogen-bond acceptors (Lipinski definition) is 5. The molecule has 0 amide bonds. The van der Waals surface area contributed by atoms with E-state index in [0.29, 0.717) is 6.61 Å². The number of nitrogens with one attached hydrogen (secondary N) is 2. The van der Waals surface area contributed by atoms with E-state index in [9.17, 15) is 0 Å². The first kappa shape index (κ1) is 15.7. The highest BCUT2D eigenvalue weighted by Gasteiger charge is 2.07. The van der Waals surface area contributed by atoms with Crippen molar-refractivity contribution in [3.63, 3.8) is 0 Å². The minimum atomic E-state index is 0.235. The normalized spacial score (nSPS) is 12.2. The van der Waals surface area contributed by atoms with Crippen molar-refractivity contribution in [3.05, 3.63) is 11.9 Å². The maximum Gasteiger partial charge on any atom is 0.133 e. The summed E-state index contributed by atoms with van der Waals surface area (Å²) in [7, 11) is 0. The summed E-state index contributed by atoms with van der Waals surface area (Å²) >= 11 is 0. The second kappa shape index (κ2) is 8.69. The van der Waals surface area contributed by atoms with Gasteiger partial charge in [0.2, 0.25) is 0 Å². The van der Waals surface area contributed by atoms with Gasteiger partial charge in [-0.1, -0.05) is 6.92 Å². The predicted molar refractivity (Wildman–Crippen MR) is 79.8 cm³/mol. The molecule has 2 N–H and O–H groups in total. The molecule has 0 fully saturated rings. The molecule has 1 unspecified atom stereocenters. The van der Waals surface area contributed by atoms with Crippen molar-refractivity contribution in [1.29, 1.82) is 0 Å². The van der Waals surface area contributed by atoms with Gasteiger partial charge in [-0.05, 0) is 27.2 Å². The van der Waals surface area contributed by atoms with Crippen LogP contribution in [0.25, 0.3) is 0 Å². The van der Waals surface area contributed by atoms with Crippen molar-refractivity contribution < 1.29 is 4.74 Å². The summed E-state index contributed by atoms with van der Waals surface area (Å²) in [5.41, 5.74) is 0. The zero-order valence-corrected chi connectivity index (χ0v) is 12.5. The summed E-state index contributed by atoms with van der Waals surface area (Å²) in [6.07, 6.45) is 1.94. The van der Waals surface area contributed by atoms with E-state index in [1.165, 1.54) is 0 Å². The molecule has 1 aromatic heterocycles. The van der Waals surface area contributed by atoms with Gasteiger partial charge in [0.25, 0.3) is 0 Å². The lowest BCUT2D eigenvalue weighted by Gasteiger charge is -2.16. The fourth-order valence-corrected chi connectivity index (χ4v) is 1.77. The Kier molecular flexibility index (Phi) is 7.18. The molecule has 5 heteroatoms. The molecule has 0 aliphatic carbocycles. The smallest absolute Gasteiger partial charge is 0.133 e. The fourth-order valence-electron chi connectivity index (χ4n) is 1.77. The van der Waals surface area contributed by atoms with Gasteiger partial charge >= 0.3 is 0 Å². The topological polar surface area (TPSA) is 59.1 Å². The van der Waals surface area contributed by atoms with Crippen LogP contribution in [0.2, 0.25) is 0 Å². The molecule has 1 heterocycles. The quantitative estimate of drug-likeness (QED) is 0.719. The average Bonchev–Trinajstić information content (AvgIpc) is 2.37. The predicted octanol–water partition coefficient (Wildman–Crippen LogP) is 2.70. The minimum Gasteiger partial charge on any atom is -0.380 e. The molecule has 0 bridgehead atoms. The average molecular weight is 266 g/mol. The summed E-state index contributed by atoms with van der Waals surface area (Å²) in [6.45, 7) is 10.6. The van der Waals surface area contributed by atoms with Gasteiger partial charge in [0.1, 0.15) is 17.5 Å². The van der Waals surface area contributed by atoms with Gasteiger partial charge in [0.15, 0.2) is 0 Å². The Balaban J connectivity index is 2.74. The minimum absolute atomic E-state index is 0.235. The summed E-state index contributed by atoms with van der Waals surface area (Å²) < 4.78 is 5.40. The monoisotopic (exact) mass is 266 g/mol. The highest BCUT2D eigenvalue weighted by molar-refractivity contribution is 5.48. The van der Waals surface area contributed by atoms with E-state index < -0.39 is 0 Å². The molecule has 1 rings (SSSR count). The number of hydrogen-bond donors (Lipinski definition) is 2. The maximum absolute atomic E-state index is 5.40. The number of rotatable bonds is 9. The van der Waals surface area contributed by atoms with E-state index in [0.717, 1.165) is 43.5 Å². The Morgan fingerprint density at radius 3 is 2.58 bits per heavy atom. The third-order valence-electron chi connectivity index (χ3n) is 2.57. The molecule has 0 saturated heterocycles. The molecule has 1 aromatic rings. The SMILES string of the molecule is CCCc1nc(NCC)cc(NC(C)COCC)n1. The van der Waals surface area contributed by atoms with Crippen LogP contribution in [-0.2, 0) is 11.2 Å². The van der Waals surface area contributed by atoms with Crippen LogP contribution in [0, 0.1) is 0 Å². The number of aryl methyl sites for hydroxylation is 1. The van der Waals surface area contributed by atoms with Gasteiger partial charge in [-0.3, -0.25) is 0 Å². The Labute approximate surface area is 116 Å². The van der Waals surface area contributed by atoms with E-state index in [-0.39, 0.29) is 6.04 Å². The van der Waals surface area contributed by atoms with Crippen molar-refractivity contribution in [2.75, 3.05) is 30.4 Å². The van der Waals surface area contributed by atoms with Gasteiger partial charge in [-0.2, -0.15) is 0 Å². The Morgan fingerprint density at radius 2 is 1.95 bits per heavy atom. The van der Waals surface area contributed by atoms with Crippen molar-refractivity contribution in [2.45, 2.75) is 46.6 Å². The van der Waals surface area contributed by atoms with Crippen LogP contribution < -0.4 is 10.6 Å². The van der Waals surface area contributed by atoms with Crippen LogP contribution >= 0.6 is 0 Å². The molecule has 5 nitrogen and oxygen atoms in total. The van der Waals surface area contributed by atoms with E-state index in [4.69, 9.17) is 4.74 Å². The highest BCUT2D eigenvalue weighted by atomic mass is 16.5. The zero-order valence-electron chi connectivity index (χ0n) is 12.5. The van der Waals surface area contributed by atoms with Crippen LogP contribution in [0.4, 0.5) is 11.6 Å². The highest BCUT2D eigenvalue weighted by Crippen LogP contribution is 2.13. The lowest BCUT2D eigenvalue weighted by Crippen LogP contribution is -2.23. The summed E-state index contributed by atoms with van der Waals surface area (Å²) in [5, 5.41) is 6.60. The number of nitrogens with zero attached hydrogens (tertiary/aromatic N) is 2. The first-order chi connectivity index (χ1) is 9.19. The van der Waals surface area contributed by atoms with E-state index in [2.05, 4.69) is 41.4 Å². The summed E-state index contributed by atoms with van der Waals surface area (Å²) in [4.78, 5) is 9.02. The van der Waals surface area contributed by atoms with Crippen molar-refractivity contribution in [1.82, 2.24) is 9.97 Å². The maximum atomic E-state index is 5.40. The standard InChI is InChI=1S/C14H26N4O/c1-5-8-12-17-13(15-6-2)9-14(18-12)16-11(4)10-19-7-3/h9,11H,5-8,10H2,1-4H3,(H2,15,16,17,18). The number of ether oxygens (including phenoxy) is 1. The van der Waals surface area contributed by atoms with Gasteiger partial charge in [0, 0.05) is 31.7 Å². The van der Waals surface area contributed by atoms with E-state index >= 15 is 0 Å². The largest absolute Gasteiger partial charge is 0.380 e. The van der Waals surface area contributed by atoms with Gasteiger partial charge in [-0.25, -0.2) is 9.97 Å². The first-order valence-corrected chi connectivity index (χ1v) is 7.15. The van der Waals surface area contributed by atoms with Gasteiger partial charge in [-0.15, -0.1) is 0 Å². The zero-order chi connectivity index (χ0) is 14.1. The molecule has 108 valence electrons. The Bertz CT molecular complexity index is 346. The molecule has 0 spiro atoms. The molecule has 1 atom stereocenters. The van der Waals surface area contributed by atoms with Crippen LogP contribution in [0.15, 0.2) is 6.07 Å². The summed E-state index contributed by atoms with van der Waals surface area (Å²) in [5.74, 6) is 2.63. The molecule has 0 aromatic carbocycles.